The van der Waals surface area contributed by atoms with E-state index in [9.17, 15) is 9.59 Å². The van der Waals surface area contributed by atoms with Gasteiger partial charge in [0.2, 0.25) is 0 Å². The number of esters is 2. The average molecular weight is 669 g/mol. The molecule has 0 saturated carbocycles. The predicted octanol–water partition coefficient (Wildman–Crippen LogP) is 9.80. The molecule has 2 unspecified atom stereocenters. The van der Waals surface area contributed by atoms with Gasteiger partial charge in [-0.2, -0.15) is 0 Å². The van der Waals surface area contributed by atoms with Crippen molar-refractivity contribution in [1.29, 1.82) is 0 Å². The Kier molecular flexibility index (Phi) is 14.4. The summed E-state index contributed by atoms with van der Waals surface area (Å²) in [6.07, 6.45) is 9.74. The van der Waals surface area contributed by atoms with Gasteiger partial charge in [-0.05, 0) is 64.2 Å². The molecule has 262 valence electrons. The highest BCUT2D eigenvalue weighted by atomic mass is 16.6. The molecule has 0 aromatic heterocycles. The van der Waals surface area contributed by atoms with Crippen molar-refractivity contribution < 1.29 is 33.3 Å². The third-order valence-electron chi connectivity index (χ3n) is 8.54. The van der Waals surface area contributed by atoms with Gasteiger partial charge in [0.25, 0.3) is 0 Å². The molecule has 0 amide bonds. The Labute approximate surface area is 291 Å². The van der Waals surface area contributed by atoms with E-state index in [-0.39, 0.29) is 13.2 Å². The fraction of sp³-hybridized carbons (Fsp3) is 0.429. The number of para-hydroxylation sites is 1. The molecule has 0 N–H and O–H groups in total. The van der Waals surface area contributed by atoms with Crippen LogP contribution in [0.1, 0.15) is 90.2 Å². The summed E-state index contributed by atoms with van der Waals surface area (Å²) in [6.45, 7) is 15.6. The molecule has 7 heteroatoms. The third kappa shape index (κ3) is 10.7. The fourth-order valence-corrected chi connectivity index (χ4v) is 5.84. The maximum absolute atomic E-state index is 12.6. The standard InChI is InChI=1S/C42H52O7/c1-7-9-12-20-33(48-41(43)29(3)4)27-45-39-35-22-16-17-23-36(35)40(46-28-34(21-13-10-8-2)49-42(44)30(5)6)38-26-32(24-25-37(38)39)47-31-18-14-11-15-19-31/h11,14-19,22-24,33-34H,3,5,7-10,12-13,20-21,25-28H2,1-2,4,6H3. The lowest BCUT2D eigenvalue weighted by molar-refractivity contribution is -0.147. The second kappa shape index (κ2) is 18.9. The first-order valence-corrected chi connectivity index (χ1v) is 17.7. The van der Waals surface area contributed by atoms with Gasteiger partial charge < -0.3 is 23.7 Å². The Balaban J connectivity index is 1.72. The largest absolute Gasteiger partial charge is 0.489 e. The first-order chi connectivity index (χ1) is 23.7. The molecule has 1 aliphatic carbocycles. The molecule has 0 fully saturated rings. The summed E-state index contributed by atoms with van der Waals surface area (Å²) < 4.78 is 31.3. The molecule has 3 aromatic carbocycles. The Hall–Kier alpha value is -4.52. The van der Waals surface area contributed by atoms with E-state index in [0.29, 0.717) is 36.8 Å². The minimum Gasteiger partial charge on any atom is -0.489 e. The van der Waals surface area contributed by atoms with Crippen LogP contribution in [0.25, 0.3) is 10.8 Å². The van der Waals surface area contributed by atoms with E-state index in [1.165, 1.54) is 0 Å². The summed E-state index contributed by atoms with van der Waals surface area (Å²) in [6, 6.07) is 17.7. The molecule has 0 bridgehead atoms. The van der Waals surface area contributed by atoms with Gasteiger partial charge in [0.1, 0.15) is 48.4 Å². The quantitative estimate of drug-likeness (QED) is 0.0674. The number of rotatable bonds is 20. The van der Waals surface area contributed by atoms with E-state index in [4.69, 9.17) is 23.7 Å². The molecule has 4 rings (SSSR count). The molecule has 3 aromatic rings. The minimum absolute atomic E-state index is 0.203. The van der Waals surface area contributed by atoms with E-state index in [0.717, 1.165) is 83.4 Å². The Morgan fingerprint density at radius 2 is 1.18 bits per heavy atom. The monoisotopic (exact) mass is 668 g/mol. The molecule has 2 atom stereocenters. The molecule has 0 saturated heterocycles. The molecule has 0 heterocycles. The lowest BCUT2D eigenvalue weighted by atomic mass is 9.89. The van der Waals surface area contributed by atoms with Crippen LogP contribution in [0.2, 0.25) is 0 Å². The molecule has 0 spiro atoms. The number of unbranched alkanes of at least 4 members (excludes halogenated alkanes) is 4. The van der Waals surface area contributed by atoms with E-state index in [2.05, 4.69) is 33.1 Å². The van der Waals surface area contributed by atoms with Gasteiger partial charge >= 0.3 is 11.9 Å². The molecule has 49 heavy (non-hydrogen) atoms. The highest BCUT2D eigenvalue weighted by Gasteiger charge is 2.28. The van der Waals surface area contributed by atoms with Crippen LogP contribution in [0.15, 0.2) is 90.7 Å². The Morgan fingerprint density at radius 1 is 0.694 bits per heavy atom. The zero-order chi connectivity index (χ0) is 35.2. The van der Waals surface area contributed by atoms with Crippen LogP contribution < -0.4 is 14.2 Å². The van der Waals surface area contributed by atoms with Gasteiger partial charge in [-0.1, -0.05) is 95.2 Å². The van der Waals surface area contributed by atoms with Crippen LogP contribution in [0.3, 0.4) is 0 Å². The fourth-order valence-electron chi connectivity index (χ4n) is 5.84. The van der Waals surface area contributed by atoms with Gasteiger partial charge in [0, 0.05) is 39.5 Å². The normalized spacial score (nSPS) is 13.4. The zero-order valence-electron chi connectivity index (χ0n) is 29.7. The maximum Gasteiger partial charge on any atom is 0.333 e. The molecular weight excluding hydrogens is 616 g/mol. The second-order valence-corrected chi connectivity index (χ2v) is 12.9. The second-order valence-electron chi connectivity index (χ2n) is 12.9. The average Bonchev–Trinajstić information content (AvgIpc) is 3.09. The van der Waals surface area contributed by atoms with Crippen LogP contribution in [0.5, 0.6) is 17.2 Å². The van der Waals surface area contributed by atoms with Crippen molar-refractivity contribution >= 4 is 22.7 Å². The number of carbonyl (C=O) groups excluding carboxylic acids is 2. The lowest BCUT2D eigenvalue weighted by Gasteiger charge is -2.27. The SMILES string of the molecule is C=C(C)C(=O)OC(CCCCC)COc1c2c(c(OCC(CCCCC)OC(=O)C(=C)C)c3ccccc13)CC(Oc1ccccc1)=CC2. The molecular formula is C42H52O7. The number of hydrogen-bond donors (Lipinski definition) is 0. The summed E-state index contributed by atoms with van der Waals surface area (Å²) in [5, 5.41) is 1.79. The molecule has 7 nitrogen and oxygen atoms in total. The molecule has 0 aliphatic heterocycles. The zero-order valence-corrected chi connectivity index (χ0v) is 29.7. The van der Waals surface area contributed by atoms with E-state index >= 15 is 0 Å². The highest BCUT2D eigenvalue weighted by Crippen LogP contribution is 2.44. The van der Waals surface area contributed by atoms with Gasteiger partial charge in [0.05, 0.1) is 0 Å². The van der Waals surface area contributed by atoms with Gasteiger partial charge in [0.15, 0.2) is 0 Å². The van der Waals surface area contributed by atoms with Crippen LogP contribution >= 0.6 is 0 Å². The van der Waals surface area contributed by atoms with Crippen molar-refractivity contribution in [1.82, 2.24) is 0 Å². The van der Waals surface area contributed by atoms with Crippen LogP contribution in [-0.2, 0) is 31.9 Å². The van der Waals surface area contributed by atoms with Gasteiger partial charge in [-0.25, -0.2) is 9.59 Å². The Bertz CT molecular complexity index is 1620. The molecule has 1 aliphatic rings. The van der Waals surface area contributed by atoms with Gasteiger partial charge in [-0.3, -0.25) is 0 Å². The molecule has 0 radical (unpaired) electrons. The van der Waals surface area contributed by atoms with Crippen molar-refractivity contribution in [3.8, 4) is 17.2 Å². The summed E-state index contributed by atoms with van der Waals surface area (Å²) >= 11 is 0. The lowest BCUT2D eigenvalue weighted by Crippen LogP contribution is -2.27. The maximum atomic E-state index is 12.6. The minimum atomic E-state index is -0.424. The van der Waals surface area contributed by atoms with E-state index in [1.54, 1.807) is 13.8 Å². The number of benzene rings is 3. The number of allylic oxidation sites excluding steroid dienone is 2. The number of hydrogen-bond acceptors (Lipinski definition) is 7. The van der Waals surface area contributed by atoms with Crippen molar-refractivity contribution in [2.75, 3.05) is 13.2 Å². The van der Waals surface area contributed by atoms with Crippen molar-refractivity contribution in [3.63, 3.8) is 0 Å². The number of fused-ring (bicyclic) bond motifs is 2. The summed E-state index contributed by atoms with van der Waals surface area (Å²) in [4.78, 5) is 25.1. The predicted molar refractivity (Wildman–Crippen MR) is 195 cm³/mol. The first-order valence-electron chi connectivity index (χ1n) is 17.7. The smallest absolute Gasteiger partial charge is 0.333 e. The van der Waals surface area contributed by atoms with Crippen molar-refractivity contribution in [2.24, 2.45) is 0 Å². The highest BCUT2D eigenvalue weighted by molar-refractivity contribution is 5.96. The first kappa shape index (κ1) is 37.3. The van der Waals surface area contributed by atoms with Crippen LogP contribution in [0, 0.1) is 0 Å². The third-order valence-corrected chi connectivity index (χ3v) is 8.54. The van der Waals surface area contributed by atoms with Crippen LogP contribution in [-0.4, -0.2) is 37.4 Å². The summed E-state index contributed by atoms with van der Waals surface area (Å²) in [7, 11) is 0. The summed E-state index contributed by atoms with van der Waals surface area (Å²) in [5.41, 5.74) is 2.68. The Morgan fingerprint density at radius 3 is 1.67 bits per heavy atom. The topological polar surface area (TPSA) is 80.3 Å². The van der Waals surface area contributed by atoms with Crippen molar-refractivity contribution in [3.05, 3.63) is 102 Å². The number of carbonyl (C=O) groups is 2. The summed E-state index contributed by atoms with van der Waals surface area (Å²) in [5.74, 6) is 2.21. The van der Waals surface area contributed by atoms with E-state index in [1.807, 2.05) is 54.6 Å². The van der Waals surface area contributed by atoms with E-state index < -0.39 is 24.1 Å². The number of ether oxygens (including phenoxy) is 5. The van der Waals surface area contributed by atoms with Gasteiger partial charge in [-0.15, -0.1) is 0 Å². The van der Waals surface area contributed by atoms with Crippen molar-refractivity contribution in [2.45, 2.75) is 104 Å². The van der Waals surface area contributed by atoms with Crippen LogP contribution in [0.4, 0.5) is 0 Å².